The number of phenols is 1. The van der Waals surface area contributed by atoms with E-state index in [0.29, 0.717) is 23.9 Å². The van der Waals surface area contributed by atoms with Gasteiger partial charge in [0.1, 0.15) is 5.75 Å². The number of thioether (sulfide) groups is 1. The summed E-state index contributed by atoms with van der Waals surface area (Å²) in [6.45, 7) is 1.97. The van der Waals surface area contributed by atoms with Gasteiger partial charge in [0.05, 0.1) is 24.5 Å². The number of nitrogens with one attached hydrogen (secondary N) is 1. The first-order valence-electron chi connectivity index (χ1n) is 14.6. The second-order valence-corrected chi connectivity index (χ2v) is 11.8. The minimum absolute atomic E-state index is 0.0188. The summed E-state index contributed by atoms with van der Waals surface area (Å²) in [6.07, 6.45) is -0.367. The van der Waals surface area contributed by atoms with Crippen molar-refractivity contribution in [3.05, 3.63) is 119 Å². The van der Waals surface area contributed by atoms with Crippen molar-refractivity contribution in [2.75, 3.05) is 5.75 Å². The number of carbonyl (C=O) groups excluding carboxylic acids is 1. The Kier molecular flexibility index (Phi) is 9.51. The van der Waals surface area contributed by atoms with Gasteiger partial charge in [-0.15, -0.1) is 5.10 Å². The summed E-state index contributed by atoms with van der Waals surface area (Å²) in [4.78, 5) is 11.3. The molecule has 1 fully saturated rings. The summed E-state index contributed by atoms with van der Waals surface area (Å²) in [5.74, 6) is 0.694. The predicted molar refractivity (Wildman–Crippen MR) is 169 cm³/mol. The van der Waals surface area contributed by atoms with Crippen LogP contribution in [0.15, 0.2) is 102 Å². The topological polar surface area (TPSA) is 132 Å². The number of aliphatic hydroxyl groups is 1. The first-order chi connectivity index (χ1) is 21.9. The maximum absolute atomic E-state index is 11.3. The molecule has 4 aromatic carbocycles. The third-order valence-corrected chi connectivity index (χ3v) is 8.58. The van der Waals surface area contributed by atoms with Crippen LogP contribution in [0, 0.1) is 0 Å². The van der Waals surface area contributed by atoms with Crippen molar-refractivity contribution in [2.24, 2.45) is 0 Å². The van der Waals surface area contributed by atoms with E-state index in [2.05, 4.69) is 39.0 Å². The molecule has 5 aromatic rings. The van der Waals surface area contributed by atoms with E-state index in [1.165, 1.54) is 18.7 Å². The lowest BCUT2D eigenvalue weighted by atomic mass is 9.99. The van der Waals surface area contributed by atoms with Gasteiger partial charge in [-0.1, -0.05) is 78.5 Å². The van der Waals surface area contributed by atoms with Crippen LogP contribution in [0.1, 0.15) is 48.0 Å². The van der Waals surface area contributed by atoms with Gasteiger partial charge in [-0.05, 0) is 68.6 Å². The number of hydrogen-bond donors (Lipinski definition) is 3. The molecule has 0 bridgehead atoms. The van der Waals surface area contributed by atoms with Crippen LogP contribution in [0.5, 0.6) is 5.75 Å². The molecule has 1 aliphatic heterocycles. The molecule has 1 amide bonds. The molecule has 0 spiro atoms. The van der Waals surface area contributed by atoms with Crippen molar-refractivity contribution in [3.8, 4) is 22.6 Å². The monoisotopic (exact) mass is 623 g/mol. The van der Waals surface area contributed by atoms with Crippen LogP contribution in [0.3, 0.4) is 0 Å². The normalized spacial score (nSPS) is 18.0. The fourth-order valence-electron chi connectivity index (χ4n) is 5.14. The van der Waals surface area contributed by atoms with Crippen molar-refractivity contribution in [2.45, 2.75) is 50.2 Å². The summed E-state index contributed by atoms with van der Waals surface area (Å²) in [6, 6.07) is 30.7. The molecule has 45 heavy (non-hydrogen) atoms. The second kappa shape index (κ2) is 14.0. The van der Waals surface area contributed by atoms with Gasteiger partial charge in [0.2, 0.25) is 11.1 Å². The van der Waals surface area contributed by atoms with E-state index >= 15 is 0 Å². The van der Waals surface area contributed by atoms with Gasteiger partial charge >= 0.3 is 0 Å². The highest BCUT2D eigenvalue weighted by Gasteiger charge is 2.32. The molecule has 10 nitrogen and oxygen atoms in total. The number of tetrazole rings is 1. The number of rotatable bonds is 10. The quantitative estimate of drug-likeness (QED) is 0.173. The Hall–Kier alpha value is -4.55. The van der Waals surface area contributed by atoms with Gasteiger partial charge in [-0.2, -0.15) is 4.68 Å². The standard InChI is InChI=1S/C34H33N5O5S/c1-22(41)35-19-24-3-2-4-28(17-24)25-9-11-27(12-10-25)33-43-31(18-32(44-33)26-7-5-23(20-40)6-8-26)21-45-34-36-37-38-39(34)29-13-15-30(42)16-14-29/h2-17,31-33,40,42H,18-21H2,1H3,(H,35,41). The van der Waals surface area contributed by atoms with Crippen molar-refractivity contribution in [3.63, 3.8) is 0 Å². The molecule has 1 aromatic heterocycles. The Morgan fingerprint density at radius 1 is 0.933 bits per heavy atom. The van der Waals surface area contributed by atoms with E-state index in [1.54, 1.807) is 28.9 Å². The number of aromatic nitrogens is 4. The van der Waals surface area contributed by atoms with Gasteiger partial charge in [-0.25, -0.2) is 0 Å². The fourth-order valence-corrected chi connectivity index (χ4v) is 6.04. The average molecular weight is 624 g/mol. The van der Waals surface area contributed by atoms with E-state index in [1.807, 2.05) is 54.6 Å². The van der Waals surface area contributed by atoms with Crippen LogP contribution in [-0.4, -0.2) is 48.2 Å². The highest BCUT2D eigenvalue weighted by atomic mass is 32.2. The number of hydrogen-bond acceptors (Lipinski definition) is 9. The van der Waals surface area contributed by atoms with Crippen LogP contribution >= 0.6 is 11.8 Å². The molecule has 3 N–H and O–H groups in total. The number of benzene rings is 4. The SMILES string of the molecule is CC(=O)NCc1cccc(-c2ccc(C3OC(CSc4nnnn4-c4ccc(O)cc4)CC(c4ccc(CO)cc4)O3)cc2)c1. The molecule has 6 rings (SSSR count). The third-order valence-electron chi connectivity index (χ3n) is 7.53. The van der Waals surface area contributed by atoms with Crippen LogP contribution in [-0.2, 0) is 27.4 Å². The predicted octanol–water partition coefficient (Wildman–Crippen LogP) is 5.50. The Balaban J connectivity index is 1.20. The summed E-state index contributed by atoms with van der Waals surface area (Å²) in [5.41, 5.74) is 6.62. The summed E-state index contributed by atoms with van der Waals surface area (Å²) >= 11 is 1.49. The molecule has 2 heterocycles. The van der Waals surface area contributed by atoms with E-state index < -0.39 is 6.29 Å². The molecule has 3 atom stereocenters. The van der Waals surface area contributed by atoms with E-state index in [9.17, 15) is 15.0 Å². The van der Waals surface area contributed by atoms with E-state index in [0.717, 1.165) is 39.1 Å². The maximum atomic E-state index is 11.3. The summed E-state index contributed by atoms with van der Waals surface area (Å²) in [7, 11) is 0. The lowest BCUT2D eigenvalue weighted by Crippen LogP contribution is -2.31. The maximum Gasteiger partial charge on any atom is 0.217 e. The van der Waals surface area contributed by atoms with Crippen molar-refractivity contribution < 1.29 is 24.5 Å². The number of nitrogens with zero attached hydrogens (tertiary/aromatic N) is 4. The molecule has 1 saturated heterocycles. The smallest absolute Gasteiger partial charge is 0.217 e. The lowest BCUT2D eigenvalue weighted by molar-refractivity contribution is -0.245. The number of aliphatic hydroxyl groups excluding tert-OH is 1. The second-order valence-electron chi connectivity index (χ2n) is 10.8. The molecule has 0 saturated carbocycles. The summed E-state index contributed by atoms with van der Waals surface area (Å²) in [5, 5.41) is 34.8. The molecular formula is C34H33N5O5S. The number of aromatic hydroxyl groups is 1. The molecule has 11 heteroatoms. The molecular weight excluding hydrogens is 590 g/mol. The first-order valence-corrected chi connectivity index (χ1v) is 15.6. The minimum Gasteiger partial charge on any atom is -0.508 e. The van der Waals surface area contributed by atoms with E-state index in [-0.39, 0.29) is 30.5 Å². The first kappa shape index (κ1) is 30.5. The zero-order valence-corrected chi connectivity index (χ0v) is 25.4. The third kappa shape index (κ3) is 7.58. The fraction of sp³-hybridized carbons (Fsp3) is 0.235. The highest BCUT2D eigenvalue weighted by molar-refractivity contribution is 7.99. The van der Waals surface area contributed by atoms with Gasteiger partial charge in [0.25, 0.3) is 0 Å². The number of amides is 1. The molecule has 1 aliphatic rings. The molecule has 0 radical (unpaired) electrons. The average Bonchev–Trinajstić information content (AvgIpc) is 3.55. The molecule has 3 unspecified atom stereocenters. The zero-order chi connectivity index (χ0) is 31.2. The van der Waals surface area contributed by atoms with Crippen molar-refractivity contribution in [1.29, 1.82) is 0 Å². The van der Waals surface area contributed by atoms with Gasteiger partial charge in [-0.3, -0.25) is 4.79 Å². The van der Waals surface area contributed by atoms with Crippen LogP contribution < -0.4 is 5.32 Å². The Bertz CT molecular complexity index is 1730. The minimum atomic E-state index is -0.597. The molecule has 0 aliphatic carbocycles. The number of ether oxygens (including phenoxy) is 2. The molecule has 230 valence electrons. The van der Waals surface area contributed by atoms with Crippen LogP contribution in [0.4, 0.5) is 0 Å². The van der Waals surface area contributed by atoms with Crippen LogP contribution in [0.25, 0.3) is 16.8 Å². The van der Waals surface area contributed by atoms with Crippen molar-refractivity contribution >= 4 is 17.7 Å². The number of carbonyl (C=O) groups is 1. The Morgan fingerprint density at radius 2 is 1.69 bits per heavy atom. The zero-order valence-electron chi connectivity index (χ0n) is 24.6. The van der Waals surface area contributed by atoms with Crippen LogP contribution in [0.2, 0.25) is 0 Å². The Labute approximate surface area is 265 Å². The highest BCUT2D eigenvalue weighted by Crippen LogP contribution is 2.40. The number of phenolic OH excluding ortho intramolecular Hbond substituents is 1. The van der Waals surface area contributed by atoms with E-state index in [4.69, 9.17) is 9.47 Å². The largest absolute Gasteiger partial charge is 0.508 e. The van der Waals surface area contributed by atoms with Gasteiger partial charge in [0.15, 0.2) is 6.29 Å². The van der Waals surface area contributed by atoms with Crippen molar-refractivity contribution in [1.82, 2.24) is 25.5 Å². The lowest BCUT2D eigenvalue weighted by Gasteiger charge is -2.36. The Morgan fingerprint density at radius 3 is 2.42 bits per heavy atom. The summed E-state index contributed by atoms with van der Waals surface area (Å²) < 4.78 is 14.7. The van der Waals surface area contributed by atoms with Gasteiger partial charge < -0.3 is 25.0 Å². The van der Waals surface area contributed by atoms with Gasteiger partial charge in [0, 0.05) is 31.2 Å².